The van der Waals surface area contributed by atoms with Crippen molar-refractivity contribution < 1.29 is 19.4 Å². The van der Waals surface area contributed by atoms with Gasteiger partial charge in [0.05, 0.1) is 5.57 Å². The lowest BCUT2D eigenvalue weighted by Gasteiger charge is -1.87. The second-order valence-corrected chi connectivity index (χ2v) is 1.86. The number of ether oxygens (including phenoxy) is 1. The third kappa shape index (κ3) is 0.775. The van der Waals surface area contributed by atoms with Crippen molar-refractivity contribution in [1.29, 1.82) is 0 Å². The molecule has 0 aromatic rings. The van der Waals surface area contributed by atoms with Crippen molar-refractivity contribution in [3.8, 4) is 0 Å². The zero-order valence-electron chi connectivity index (χ0n) is 5.38. The number of rotatable bonds is 1. The summed E-state index contributed by atoms with van der Waals surface area (Å²) in [5.41, 5.74) is 0.0602. The van der Waals surface area contributed by atoms with Gasteiger partial charge < -0.3 is 9.84 Å². The Morgan fingerprint density at radius 2 is 2.00 bits per heavy atom. The van der Waals surface area contributed by atoms with Crippen LogP contribution in [0.3, 0.4) is 0 Å². The van der Waals surface area contributed by atoms with Crippen LogP contribution in [0.1, 0.15) is 13.3 Å². The van der Waals surface area contributed by atoms with Crippen LogP contribution in [0, 0.1) is 0 Å². The van der Waals surface area contributed by atoms with Crippen LogP contribution >= 0.6 is 0 Å². The van der Waals surface area contributed by atoms with Gasteiger partial charge in [-0.25, -0.2) is 9.59 Å². The smallest absolute Gasteiger partial charge is 0.381 e. The number of cyclic esters (lactones) is 2. The third-order valence-corrected chi connectivity index (χ3v) is 1.26. The molecule has 0 aromatic heterocycles. The quantitative estimate of drug-likeness (QED) is 0.422. The van der Waals surface area contributed by atoms with Gasteiger partial charge in [-0.15, -0.1) is 0 Å². The number of aliphatic hydroxyl groups excluding tert-OH is 1. The molecule has 54 valence electrons. The maximum Gasteiger partial charge on any atom is 0.381 e. The highest BCUT2D eigenvalue weighted by molar-refractivity contribution is 6.10. The molecule has 1 heterocycles. The summed E-state index contributed by atoms with van der Waals surface area (Å²) in [4.78, 5) is 21.0. The number of hydrogen-bond donors (Lipinski definition) is 1. The van der Waals surface area contributed by atoms with Gasteiger partial charge in [-0.3, -0.25) is 0 Å². The second kappa shape index (κ2) is 2.13. The predicted octanol–water partition coefficient (Wildman–Crippen LogP) is 0.292. The van der Waals surface area contributed by atoms with Gasteiger partial charge in [-0.2, -0.15) is 0 Å². The van der Waals surface area contributed by atoms with Crippen molar-refractivity contribution in [2.75, 3.05) is 0 Å². The molecule has 0 radical (unpaired) electrons. The minimum Gasteiger partial charge on any atom is -0.501 e. The lowest BCUT2D eigenvalue weighted by molar-refractivity contribution is -0.152. The summed E-state index contributed by atoms with van der Waals surface area (Å²) in [6.45, 7) is 1.66. The number of esters is 2. The van der Waals surface area contributed by atoms with Gasteiger partial charge in [-0.1, -0.05) is 6.92 Å². The highest BCUT2D eigenvalue weighted by Crippen LogP contribution is 2.16. The van der Waals surface area contributed by atoms with E-state index in [9.17, 15) is 9.59 Å². The van der Waals surface area contributed by atoms with Crippen LogP contribution in [0.15, 0.2) is 11.3 Å². The molecule has 1 N–H and O–H groups in total. The molecular weight excluding hydrogens is 136 g/mol. The highest BCUT2D eigenvalue weighted by Gasteiger charge is 2.31. The zero-order chi connectivity index (χ0) is 7.72. The van der Waals surface area contributed by atoms with Gasteiger partial charge in [0.25, 0.3) is 0 Å². The summed E-state index contributed by atoms with van der Waals surface area (Å²) in [6, 6.07) is 0. The fraction of sp³-hybridized carbons (Fsp3) is 0.333. The molecule has 0 spiro atoms. The summed E-state index contributed by atoms with van der Waals surface area (Å²) >= 11 is 0. The highest BCUT2D eigenvalue weighted by atomic mass is 16.6. The zero-order valence-corrected chi connectivity index (χ0v) is 5.38. The maximum absolute atomic E-state index is 10.6. The van der Waals surface area contributed by atoms with Gasteiger partial charge in [0.2, 0.25) is 5.76 Å². The van der Waals surface area contributed by atoms with E-state index in [2.05, 4.69) is 4.74 Å². The molecule has 0 amide bonds. The van der Waals surface area contributed by atoms with Crippen molar-refractivity contribution in [2.45, 2.75) is 13.3 Å². The van der Waals surface area contributed by atoms with Crippen molar-refractivity contribution in [3.63, 3.8) is 0 Å². The van der Waals surface area contributed by atoms with Gasteiger partial charge in [0.1, 0.15) is 0 Å². The summed E-state index contributed by atoms with van der Waals surface area (Å²) in [6.07, 6.45) is 0.316. The van der Waals surface area contributed by atoms with Crippen LogP contribution in [0.25, 0.3) is 0 Å². The molecular formula is C6H6O4. The predicted molar refractivity (Wildman–Crippen MR) is 31.0 cm³/mol. The van der Waals surface area contributed by atoms with Gasteiger partial charge >= 0.3 is 11.9 Å². The molecule has 0 fully saturated rings. The van der Waals surface area contributed by atoms with Crippen LogP contribution in [0.5, 0.6) is 0 Å². The topological polar surface area (TPSA) is 63.6 Å². The van der Waals surface area contributed by atoms with Gasteiger partial charge in [0, 0.05) is 0 Å². The van der Waals surface area contributed by atoms with Gasteiger partial charge in [0.15, 0.2) is 0 Å². The third-order valence-electron chi connectivity index (χ3n) is 1.26. The van der Waals surface area contributed by atoms with E-state index < -0.39 is 17.7 Å². The average molecular weight is 142 g/mol. The summed E-state index contributed by atoms with van der Waals surface area (Å²) < 4.78 is 4.08. The van der Waals surface area contributed by atoms with E-state index in [-0.39, 0.29) is 5.57 Å². The van der Waals surface area contributed by atoms with E-state index in [0.29, 0.717) is 6.42 Å². The van der Waals surface area contributed by atoms with Crippen molar-refractivity contribution in [3.05, 3.63) is 11.3 Å². The van der Waals surface area contributed by atoms with E-state index in [0.717, 1.165) is 0 Å². The van der Waals surface area contributed by atoms with E-state index >= 15 is 0 Å². The molecule has 0 saturated heterocycles. The van der Waals surface area contributed by atoms with E-state index in [4.69, 9.17) is 5.11 Å². The number of carbonyl (C=O) groups excluding carboxylic acids is 2. The Morgan fingerprint density at radius 1 is 1.40 bits per heavy atom. The first-order chi connectivity index (χ1) is 4.66. The van der Waals surface area contributed by atoms with E-state index in [1.807, 2.05) is 0 Å². The Morgan fingerprint density at radius 3 is 2.20 bits per heavy atom. The van der Waals surface area contributed by atoms with E-state index in [1.165, 1.54) is 0 Å². The lowest BCUT2D eigenvalue weighted by atomic mass is 10.2. The number of carbonyl (C=O) groups is 2. The molecule has 0 unspecified atom stereocenters. The minimum atomic E-state index is -0.943. The Labute approximate surface area is 57.1 Å². The fourth-order valence-corrected chi connectivity index (χ4v) is 0.726. The Bertz CT molecular complexity index is 226. The molecule has 10 heavy (non-hydrogen) atoms. The minimum absolute atomic E-state index is 0.0602. The normalized spacial score (nSPS) is 18.1. The van der Waals surface area contributed by atoms with Crippen LogP contribution in [-0.2, 0) is 14.3 Å². The van der Waals surface area contributed by atoms with E-state index in [1.54, 1.807) is 6.92 Å². The first-order valence-electron chi connectivity index (χ1n) is 2.85. The van der Waals surface area contributed by atoms with Crippen LogP contribution in [0.2, 0.25) is 0 Å². The first-order valence-corrected chi connectivity index (χ1v) is 2.85. The average Bonchev–Trinajstić information content (AvgIpc) is 2.09. The molecule has 4 nitrogen and oxygen atoms in total. The van der Waals surface area contributed by atoms with Crippen LogP contribution in [-0.4, -0.2) is 17.0 Å². The molecule has 0 bridgehead atoms. The summed E-state index contributed by atoms with van der Waals surface area (Å²) in [5, 5.41) is 8.81. The molecule has 1 aliphatic heterocycles. The van der Waals surface area contributed by atoms with Crippen LogP contribution < -0.4 is 0 Å². The summed E-state index contributed by atoms with van der Waals surface area (Å²) in [5.74, 6) is -2.22. The largest absolute Gasteiger partial charge is 0.501 e. The molecule has 4 heteroatoms. The molecule has 1 rings (SSSR count). The van der Waals surface area contributed by atoms with Crippen LogP contribution in [0.4, 0.5) is 0 Å². The Hall–Kier alpha value is -1.32. The monoisotopic (exact) mass is 142 g/mol. The molecule has 1 aliphatic rings. The fourth-order valence-electron chi connectivity index (χ4n) is 0.726. The maximum atomic E-state index is 10.6. The second-order valence-electron chi connectivity index (χ2n) is 1.86. The Balaban J connectivity index is 3.01. The van der Waals surface area contributed by atoms with Gasteiger partial charge in [-0.05, 0) is 6.42 Å². The summed E-state index contributed by atoms with van der Waals surface area (Å²) in [7, 11) is 0. The molecule has 0 aliphatic carbocycles. The standard InChI is InChI=1S/C6H6O4/c1-2-3-4(7)6(9)10-5(3)8/h7H,2H2,1H3. The van der Waals surface area contributed by atoms with Crippen molar-refractivity contribution in [2.24, 2.45) is 0 Å². The molecule has 0 atom stereocenters. The van der Waals surface area contributed by atoms with Crippen molar-refractivity contribution >= 4 is 11.9 Å². The molecule has 0 aromatic carbocycles. The molecule has 0 saturated carbocycles. The lowest BCUT2D eigenvalue weighted by Crippen LogP contribution is -2.01. The number of hydrogen-bond acceptors (Lipinski definition) is 4. The Kier molecular flexibility index (Phi) is 1.45. The SMILES string of the molecule is CCC1=C(O)C(=O)OC1=O. The van der Waals surface area contributed by atoms with Crippen molar-refractivity contribution in [1.82, 2.24) is 0 Å². The number of aliphatic hydroxyl groups is 1. The first kappa shape index (κ1) is 6.80.